The molecule has 1 aromatic heterocycles. The molecule has 3 nitrogen and oxygen atoms in total. The van der Waals surface area contributed by atoms with Crippen molar-refractivity contribution in [3.63, 3.8) is 0 Å². The third-order valence-corrected chi connectivity index (χ3v) is 4.62. The van der Waals surface area contributed by atoms with Gasteiger partial charge in [-0.05, 0) is 30.7 Å². The van der Waals surface area contributed by atoms with Crippen molar-refractivity contribution in [2.75, 3.05) is 6.26 Å². The van der Waals surface area contributed by atoms with Crippen molar-refractivity contribution in [2.45, 2.75) is 43.9 Å². The highest BCUT2D eigenvalue weighted by molar-refractivity contribution is 8.00. The van der Waals surface area contributed by atoms with Gasteiger partial charge in [-0.3, -0.25) is 0 Å². The predicted molar refractivity (Wildman–Crippen MR) is 64.6 cm³/mol. The first-order valence-electron chi connectivity index (χ1n) is 5.22. The van der Waals surface area contributed by atoms with Gasteiger partial charge in [-0.25, -0.2) is 0 Å². The average Bonchev–Trinajstić information content (AvgIpc) is 2.87. The van der Waals surface area contributed by atoms with Crippen LogP contribution in [-0.4, -0.2) is 25.8 Å². The van der Waals surface area contributed by atoms with Crippen LogP contribution in [0, 0.1) is 0 Å². The average molecular weight is 246 g/mol. The lowest BCUT2D eigenvalue weighted by Crippen LogP contribution is -2.16. The SMILES string of the molecule is CSC1(Cn2c(Cl)nnc2C(C)C)CC1. The summed E-state index contributed by atoms with van der Waals surface area (Å²) in [4.78, 5) is 0. The first kappa shape index (κ1) is 11.3. The van der Waals surface area contributed by atoms with Gasteiger partial charge in [0.2, 0.25) is 5.28 Å². The van der Waals surface area contributed by atoms with Crippen LogP contribution in [0.1, 0.15) is 38.4 Å². The van der Waals surface area contributed by atoms with E-state index in [4.69, 9.17) is 11.6 Å². The van der Waals surface area contributed by atoms with Crippen molar-refractivity contribution in [1.82, 2.24) is 14.8 Å². The van der Waals surface area contributed by atoms with E-state index in [0.29, 0.717) is 15.9 Å². The molecule has 0 spiro atoms. The van der Waals surface area contributed by atoms with E-state index in [0.717, 1.165) is 12.4 Å². The molecule has 0 bridgehead atoms. The predicted octanol–water partition coefficient (Wildman–Crippen LogP) is 2.95. The van der Waals surface area contributed by atoms with Crippen molar-refractivity contribution in [1.29, 1.82) is 0 Å². The zero-order valence-corrected chi connectivity index (χ0v) is 10.9. The Morgan fingerprint density at radius 1 is 1.47 bits per heavy atom. The number of nitrogens with zero attached hydrogens (tertiary/aromatic N) is 3. The van der Waals surface area contributed by atoms with Crippen molar-refractivity contribution in [3.05, 3.63) is 11.1 Å². The fourth-order valence-corrected chi connectivity index (χ4v) is 2.68. The number of aromatic nitrogens is 3. The molecule has 0 unspecified atom stereocenters. The maximum absolute atomic E-state index is 6.06. The molecule has 0 aromatic carbocycles. The van der Waals surface area contributed by atoms with E-state index >= 15 is 0 Å². The maximum atomic E-state index is 6.06. The topological polar surface area (TPSA) is 30.7 Å². The summed E-state index contributed by atoms with van der Waals surface area (Å²) in [6.45, 7) is 5.19. The number of rotatable bonds is 4. The molecule has 0 N–H and O–H groups in total. The van der Waals surface area contributed by atoms with Gasteiger partial charge in [0.25, 0.3) is 0 Å². The normalized spacial score (nSPS) is 18.5. The van der Waals surface area contributed by atoms with Gasteiger partial charge in [-0.2, -0.15) is 11.8 Å². The van der Waals surface area contributed by atoms with Crippen LogP contribution in [0.2, 0.25) is 5.28 Å². The molecule has 0 saturated heterocycles. The molecule has 1 fully saturated rings. The van der Waals surface area contributed by atoms with E-state index in [1.165, 1.54) is 12.8 Å². The van der Waals surface area contributed by atoms with Gasteiger partial charge in [0.15, 0.2) is 0 Å². The van der Waals surface area contributed by atoms with Gasteiger partial charge in [0.1, 0.15) is 5.82 Å². The van der Waals surface area contributed by atoms with Crippen LogP contribution >= 0.6 is 23.4 Å². The van der Waals surface area contributed by atoms with Gasteiger partial charge >= 0.3 is 0 Å². The quantitative estimate of drug-likeness (QED) is 0.817. The first-order valence-corrected chi connectivity index (χ1v) is 6.82. The van der Waals surface area contributed by atoms with E-state index in [-0.39, 0.29) is 0 Å². The number of thioether (sulfide) groups is 1. The Kier molecular flexibility index (Phi) is 2.99. The van der Waals surface area contributed by atoms with Gasteiger partial charge in [0.05, 0.1) is 0 Å². The lowest BCUT2D eigenvalue weighted by atomic mass is 10.2. The minimum absolute atomic E-state index is 0.377. The second-order valence-electron chi connectivity index (χ2n) is 4.46. The molecular weight excluding hydrogens is 230 g/mol. The smallest absolute Gasteiger partial charge is 0.225 e. The third-order valence-electron chi connectivity index (χ3n) is 2.94. The zero-order chi connectivity index (χ0) is 11.1. The molecule has 0 aliphatic heterocycles. The molecular formula is C10H16ClN3S. The van der Waals surface area contributed by atoms with E-state index in [2.05, 4.69) is 34.9 Å². The molecule has 0 atom stereocenters. The Hall–Kier alpha value is -0.220. The fraction of sp³-hybridized carbons (Fsp3) is 0.800. The highest BCUT2D eigenvalue weighted by Gasteiger charge is 2.43. The molecule has 15 heavy (non-hydrogen) atoms. The summed E-state index contributed by atoms with van der Waals surface area (Å²) < 4.78 is 2.46. The highest BCUT2D eigenvalue weighted by Crippen LogP contribution is 2.49. The summed E-state index contributed by atoms with van der Waals surface area (Å²) in [7, 11) is 0. The summed E-state index contributed by atoms with van der Waals surface area (Å²) >= 11 is 7.99. The van der Waals surface area contributed by atoms with Gasteiger partial charge in [0, 0.05) is 17.2 Å². The van der Waals surface area contributed by atoms with Crippen LogP contribution in [0.25, 0.3) is 0 Å². The van der Waals surface area contributed by atoms with Crippen molar-refractivity contribution in [2.24, 2.45) is 0 Å². The molecule has 2 rings (SSSR count). The van der Waals surface area contributed by atoms with Crippen molar-refractivity contribution >= 4 is 23.4 Å². The van der Waals surface area contributed by atoms with E-state index in [1.54, 1.807) is 0 Å². The number of halogens is 1. The van der Waals surface area contributed by atoms with E-state index < -0.39 is 0 Å². The largest absolute Gasteiger partial charge is 0.300 e. The molecule has 0 amide bonds. The van der Waals surface area contributed by atoms with Crippen LogP contribution in [0.4, 0.5) is 0 Å². The Labute approximate surface area is 99.6 Å². The number of hydrogen-bond donors (Lipinski definition) is 0. The lowest BCUT2D eigenvalue weighted by Gasteiger charge is -2.16. The zero-order valence-electron chi connectivity index (χ0n) is 9.33. The molecule has 1 saturated carbocycles. The van der Waals surface area contributed by atoms with Crippen molar-refractivity contribution in [3.8, 4) is 0 Å². The fourth-order valence-electron chi connectivity index (χ4n) is 1.72. The Morgan fingerprint density at radius 3 is 2.60 bits per heavy atom. The molecule has 0 radical (unpaired) electrons. The lowest BCUT2D eigenvalue weighted by molar-refractivity contribution is 0.599. The monoisotopic (exact) mass is 245 g/mol. The summed E-state index contributed by atoms with van der Waals surface area (Å²) in [5, 5.41) is 8.61. The third kappa shape index (κ3) is 2.16. The Balaban J connectivity index is 2.23. The second-order valence-corrected chi connectivity index (χ2v) is 6.07. The molecule has 1 heterocycles. The van der Waals surface area contributed by atoms with Crippen LogP contribution in [-0.2, 0) is 6.54 Å². The van der Waals surface area contributed by atoms with E-state index in [9.17, 15) is 0 Å². The molecule has 1 aliphatic rings. The van der Waals surface area contributed by atoms with Gasteiger partial charge in [-0.15, -0.1) is 10.2 Å². The van der Waals surface area contributed by atoms with E-state index in [1.807, 2.05) is 11.8 Å². The van der Waals surface area contributed by atoms with Crippen LogP contribution in [0.3, 0.4) is 0 Å². The second kappa shape index (κ2) is 3.98. The minimum atomic E-state index is 0.377. The first-order chi connectivity index (χ1) is 7.08. The van der Waals surface area contributed by atoms with Crippen LogP contribution in [0.5, 0.6) is 0 Å². The number of hydrogen-bond acceptors (Lipinski definition) is 3. The van der Waals surface area contributed by atoms with Crippen LogP contribution in [0.15, 0.2) is 0 Å². The molecule has 84 valence electrons. The summed E-state index contributed by atoms with van der Waals surface area (Å²) in [6.07, 6.45) is 4.72. The van der Waals surface area contributed by atoms with Gasteiger partial charge in [-0.1, -0.05) is 13.8 Å². The highest BCUT2D eigenvalue weighted by atomic mass is 35.5. The standard InChI is InChI=1S/C10H16ClN3S/c1-7(2)8-12-13-9(11)14(8)6-10(15-3)4-5-10/h7H,4-6H2,1-3H3. The Bertz CT molecular complexity index is 358. The summed E-state index contributed by atoms with van der Waals surface area (Å²) in [5.41, 5.74) is 0. The molecule has 1 aliphatic carbocycles. The molecule has 5 heteroatoms. The van der Waals surface area contributed by atoms with Crippen LogP contribution < -0.4 is 0 Å². The summed E-state index contributed by atoms with van der Waals surface area (Å²) in [6, 6.07) is 0. The van der Waals surface area contributed by atoms with Crippen molar-refractivity contribution < 1.29 is 0 Å². The minimum Gasteiger partial charge on any atom is -0.300 e. The summed E-state index contributed by atoms with van der Waals surface area (Å²) in [5.74, 6) is 1.38. The van der Waals surface area contributed by atoms with Gasteiger partial charge < -0.3 is 4.57 Å². The Morgan fingerprint density at radius 2 is 2.13 bits per heavy atom. The molecule has 1 aromatic rings. The maximum Gasteiger partial charge on any atom is 0.225 e.